The molecule has 0 radical (unpaired) electrons. The molecule has 21 heavy (non-hydrogen) atoms. The Kier molecular flexibility index (Phi) is 7.61. The fourth-order valence-corrected chi connectivity index (χ4v) is 2.83. The summed E-state index contributed by atoms with van der Waals surface area (Å²) in [6, 6.07) is 8.87. The summed E-state index contributed by atoms with van der Waals surface area (Å²) in [4.78, 5) is 2.53. The summed E-state index contributed by atoms with van der Waals surface area (Å²) in [6.07, 6.45) is 6.22. The molecule has 0 bridgehead atoms. The number of unbranched alkanes of at least 4 members (excludes halogenated alkanes) is 1. The van der Waals surface area contributed by atoms with Gasteiger partial charge < -0.3 is 15.0 Å². The van der Waals surface area contributed by atoms with Crippen molar-refractivity contribution < 1.29 is 4.74 Å². The number of benzene rings is 1. The van der Waals surface area contributed by atoms with Crippen molar-refractivity contribution in [2.24, 2.45) is 0 Å². The highest BCUT2D eigenvalue weighted by molar-refractivity contribution is 5.54. The minimum absolute atomic E-state index is 0.830. The van der Waals surface area contributed by atoms with Crippen molar-refractivity contribution in [2.45, 2.75) is 39.0 Å². The molecule has 3 nitrogen and oxygen atoms in total. The van der Waals surface area contributed by atoms with E-state index >= 15 is 0 Å². The molecule has 1 aromatic carbocycles. The quantitative estimate of drug-likeness (QED) is 0.707. The molecule has 0 aliphatic carbocycles. The molecule has 3 heteroatoms. The number of nitrogens with one attached hydrogen (secondary N) is 1. The first-order chi connectivity index (χ1) is 10.4. The number of hydrogen-bond acceptors (Lipinski definition) is 3. The van der Waals surface area contributed by atoms with E-state index in [4.69, 9.17) is 4.74 Å². The first kappa shape index (κ1) is 16.3. The fraction of sp³-hybridized carbons (Fsp3) is 0.667. The molecule has 0 aromatic heterocycles. The second-order valence-corrected chi connectivity index (χ2v) is 5.79. The molecule has 1 aromatic rings. The van der Waals surface area contributed by atoms with Gasteiger partial charge in [-0.1, -0.05) is 31.5 Å². The monoisotopic (exact) mass is 290 g/mol. The van der Waals surface area contributed by atoms with Crippen molar-refractivity contribution in [1.82, 2.24) is 5.32 Å². The zero-order valence-corrected chi connectivity index (χ0v) is 13.4. The maximum Gasteiger partial charge on any atom is 0.0590 e. The van der Waals surface area contributed by atoms with Crippen LogP contribution in [0.2, 0.25) is 0 Å². The zero-order valence-electron chi connectivity index (χ0n) is 13.4. The number of aryl methyl sites for hydroxylation is 1. The molecular formula is C18H30N2O. The molecule has 0 saturated carbocycles. The highest BCUT2D eigenvalue weighted by atomic mass is 16.5. The molecule has 0 spiro atoms. The summed E-state index contributed by atoms with van der Waals surface area (Å²) in [6.45, 7) is 8.19. The maximum atomic E-state index is 5.57. The van der Waals surface area contributed by atoms with E-state index in [0.29, 0.717) is 0 Å². The molecule has 1 aliphatic heterocycles. The van der Waals surface area contributed by atoms with Crippen molar-refractivity contribution in [3.8, 4) is 0 Å². The third-order valence-electron chi connectivity index (χ3n) is 4.08. The number of anilines is 1. The lowest BCUT2D eigenvalue weighted by Crippen LogP contribution is -2.34. The number of nitrogens with zero attached hydrogens (tertiary/aromatic N) is 1. The Bertz CT molecular complexity index is 395. The van der Waals surface area contributed by atoms with Gasteiger partial charge in [0.25, 0.3) is 0 Å². The standard InChI is InChI=1S/C18H30N2O/c1-2-3-15-21-16-12-19-11-14-20-13-7-6-9-17-8-4-5-10-18(17)20/h4-5,8,10,19H,2-3,6-7,9,11-16H2,1H3. The van der Waals surface area contributed by atoms with Gasteiger partial charge in [-0.05, 0) is 37.3 Å². The average Bonchev–Trinajstić information content (AvgIpc) is 2.72. The van der Waals surface area contributed by atoms with Gasteiger partial charge in [-0.25, -0.2) is 0 Å². The second kappa shape index (κ2) is 9.80. The summed E-state index contributed by atoms with van der Waals surface area (Å²) in [5.74, 6) is 0. The second-order valence-electron chi connectivity index (χ2n) is 5.79. The molecule has 0 amide bonds. The Labute approximate surface area is 129 Å². The molecule has 0 unspecified atom stereocenters. The first-order valence-electron chi connectivity index (χ1n) is 8.53. The van der Waals surface area contributed by atoms with Gasteiger partial charge in [0.1, 0.15) is 0 Å². The van der Waals surface area contributed by atoms with Gasteiger partial charge in [-0.2, -0.15) is 0 Å². The van der Waals surface area contributed by atoms with E-state index in [0.717, 1.165) is 32.8 Å². The smallest absolute Gasteiger partial charge is 0.0590 e. The number of ether oxygens (including phenoxy) is 1. The minimum atomic E-state index is 0.830. The van der Waals surface area contributed by atoms with Crippen molar-refractivity contribution >= 4 is 5.69 Å². The van der Waals surface area contributed by atoms with E-state index in [-0.39, 0.29) is 0 Å². The predicted molar refractivity (Wildman–Crippen MR) is 90.2 cm³/mol. The molecule has 1 aliphatic rings. The zero-order chi connectivity index (χ0) is 14.8. The van der Waals surface area contributed by atoms with Gasteiger partial charge in [0.05, 0.1) is 6.61 Å². The lowest BCUT2D eigenvalue weighted by Gasteiger charge is -2.25. The number of para-hydroxylation sites is 1. The lowest BCUT2D eigenvalue weighted by atomic mass is 10.1. The van der Waals surface area contributed by atoms with Gasteiger partial charge in [0.15, 0.2) is 0 Å². The van der Waals surface area contributed by atoms with Crippen LogP contribution in [0.3, 0.4) is 0 Å². The lowest BCUT2D eigenvalue weighted by molar-refractivity contribution is 0.133. The third kappa shape index (κ3) is 5.68. The fourth-order valence-electron chi connectivity index (χ4n) is 2.83. The largest absolute Gasteiger partial charge is 0.380 e. The Morgan fingerprint density at radius 1 is 1.14 bits per heavy atom. The molecule has 0 fully saturated rings. The van der Waals surface area contributed by atoms with Crippen molar-refractivity contribution in [3.05, 3.63) is 29.8 Å². The third-order valence-corrected chi connectivity index (χ3v) is 4.08. The summed E-state index contributed by atoms with van der Waals surface area (Å²) in [7, 11) is 0. The van der Waals surface area contributed by atoms with Crippen LogP contribution in [-0.4, -0.2) is 39.4 Å². The van der Waals surface area contributed by atoms with E-state index in [1.165, 1.54) is 49.9 Å². The SMILES string of the molecule is CCCCOCCNCCN1CCCCc2ccccc21. The van der Waals surface area contributed by atoms with Crippen LogP contribution in [0.25, 0.3) is 0 Å². The molecule has 118 valence electrons. The van der Waals surface area contributed by atoms with Gasteiger partial charge in [0, 0.05) is 38.5 Å². The van der Waals surface area contributed by atoms with Crippen LogP contribution in [0.4, 0.5) is 5.69 Å². The molecule has 0 atom stereocenters. The van der Waals surface area contributed by atoms with Gasteiger partial charge in [-0.3, -0.25) is 0 Å². The van der Waals surface area contributed by atoms with Crippen LogP contribution < -0.4 is 10.2 Å². The summed E-state index contributed by atoms with van der Waals surface area (Å²) in [5.41, 5.74) is 2.95. The van der Waals surface area contributed by atoms with Crippen LogP contribution in [0, 0.1) is 0 Å². The Hall–Kier alpha value is -1.06. The molecule has 0 saturated heterocycles. The average molecular weight is 290 g/mol. The van der Waals surface area contributed by atoms with Gasteiger partial charge in [-0.15, -0.1) is 0 Å². The number of hydrogen-bond donors (Lipinski definition) is 1. The topological polar surface area (TPSA) is 24.5 Å². The number of fused-ring (bicyclic) bond motifs is 1. The minimum Gasteiger partial charge on any atom is -0.380 e. The van der Waals surface area contributed by atoms with Crippen molar-refractivity contribution in [3.63, 3.8) is 0 Å². The van der Waals surface area contributed by atoms with Crippen LogP contribution in [0.5, 0.6) is 0 Å². The Morgan fingerprint density at radius 3 is 2.95 bits per heavy atom. The summed E-state index contributed by atoms with van der Waals surface area (Å²) in [5, 5.41) is 3.49. The van der Waals surface area contributed by atoms with Crippen LogP contribution in [-0.2, 0) is 11.2 Å². The van der Waals surface area contributed by atoms with Crippen LogP contribution >= 0.6 is 0 Å². The Morgan fingerprint density at radius 2 is 2.05 bits per heavy atom. The highest BCUT2D eigenvalue weighted by Gasteiger charge is 2.13. The van der Waals surface area contributed by atoms with E-state index in [1.54, 1.807) is 0 Å². The predicted octanol–water partition coefficient (Wildman–Crippen LogP) is 3.24. The van der Waals surface area contributed by atoms with E-state index < -0.39 is 0 Å². The maximum absolute atomic E-state index is 5.57. The van der Waals surface area contributed by atoms with Crippen LogP contribution in [0.1, 0.15) is 38.2 Å². The Balaban J connectivity index is 1.66. The highest BCUT2D eigenvalue weighted by Crippen LogP contribution is 2.25. The van der Waals surface area contributed by atoms with Crippen molar-refractivity contribution in [1.29, 1.82) is 0 Å². The molecular weight excluding hydrogens is 260 g/mol. The molecule has 1 heterocycles. The van der Waals surface area contributed by atoms with E-state index in [1.807, 2.05) is 0 Å². The van der Waals surface area contributed by atoms with E-state index in [2.05, 4.69) is 41.4 Å². The normalized spacial score (nSPS) is 14.8. The van der Waals surface area contributed by atoms with Gasteiger partial charge >= 0.3 is 0 Å². The number of rotatable bonds is 9. The molecule has 2 rings (SSSR count). The molecule has 1 N–H and O–H groups in total. The van der Waals surface area contributed by atoms with Gasteiger partial charge in [0.2, 0.25) is 0 Å². The van der Waals surface area contributed by atoms with Crippen LogP contribution in [0.15, 0.2) is 24.3 Å². The summed E-state index contributed by atoms with van der Waals surface area (Å²) < 4.78 is 5.57. The summed E-state index contributed by atoms with van der Waals surface area (Å²) >= 11 is 0. The van der Waals surface area contributed by atoms with E-state index in [9.17, 15) is 0 Å². The van der Waals surface area contributed by atoms with Crippen molar-refractivity contribution in [2.75, 3.05) is 44.3 Å². The first-order valence-corrected chi connectivity index (χ1v) is 8.53.